The van der Waals surface area contributed by atoms with Crippen molar-refractivity contribution in [1.29, 1.82) is 0 Å². The lowest BCUT2D eigenvalue weighted by molar-refractivity contribution is 0.201. The maximum atomic E-state index is 8.85. The molecule has 2 aromatic rings. The van der Waals surface area contributed by atoms with Gasteiger partial charge >= 0.3 is 0 Å². The average molecular weight is 528 g/mol. The van der Waals surface area contributed by atoms with E-state index >= 15 is 0 Å². The smallest absolute Gasteiger partial charge is 0.119 e. The van der Waals surface area contributed by atoms with Crippen molar-refractivity contribution in [2.75, 3.05) is 27.4 Å². The van der Waals surface area contributed by atoms with Crippen LogP contribution in [0.2, 0.25) is 0 Å². The van der Waals surface area contributed by atoms with E-state index in [0.29, 0.717) is 12.0 Å². The first kappa shape index (κ1) is 34.0. The van der Waals surface area contributed by atoms with Gasteiger partial charge in [-0.2, -0.15) is 0 Å². The molecule has 4 nitrogen and oxygen atoms in total. The third kappa shape index (κ3) is 12.2. The van der Waals surface area contributed by atoms with Crippen LogP contribution in [-0.4, -0.2) is 32.5 Å². The maximum absolute atomic E-state index is 8.85. The lowest BCUT2D eigenvalue weighted by Crippen LogP contribution is -2.32. The molecule has 0 atom stereocenters. The second-order valence-corrected chi connectivity index (χ2v) is 10.5. The standard InChI is InChI=1S/C29H42O3.C4H10.CH5N/c1-3-4-18-29(26-10-7-11-28(23-26)31-2)19-16-25(17-20-29)9-6-5-8-24-12-14-27(15-13-24)32-22-21-30;1-3-4-2;1-2/h7,10-15,23,25,30H,3-6,8-9,16-22H2,1-2H3;3-4H2,1-2H3;2H2,1H3. The Morgan fingerprint density at radius 2 is 1.55 bits per heavy atom. The van der Waals surface area contributed by atoms with Crippen molar-refractivity contribution in [2.24, 2.45) is 11.7 Å². The van der Waals surface area contributed by atoms with Crippen molar-refractivity contribution in [3.63, 3.8) is 0 Å². The van der Waals surface area contributed by atoms with Crippen molar-refractivity contribution in [2.45, 2.75) is 110 Å². The molecule has 0 radical (unpaired) electrons. The summed E-state index contributed by atoms with van der Waals surface area (Å²) in [5, 5.41) is 8.85. The molecule has 0 aliphatic heterocycles. The van der Waals surface area contributed by atoms with E-state index in [1.807, 2.05) is 12.1 Å². The third-order valence-corrected chi connectivity index (χ3v) is 7.86. The Labute approximate surface area is 234 Å². The van der Waals surface area contributed by atoms with Gasteiger partial charge in [0.2, 0.25) is 0 Å². The van der Waals surface area contributed by atoms with Gasteiger partial charge in [0.15, 0.2) is 0 Å². The molecule has 2 aromatic carbocycles. The van der Waals surface area contributed by atoms with Crippen molar-refractivity contribution < 1.29 is 14.6 Å². The molecular weight excluding hydrogens is 470 g/mol. The summed E-state index contributed by atoms with van der Waals surface area (Å²) >= 11 is 0. The van der Waals surface area contributed by atoms with E-state index in [-0.39, 0.29) is 6.61 Å². The summed E-state index contributed by atoms with van der Waals surface area (Å²) in [7, 11) is 3.27. The van der Waals surface area contributed by atoms with E-state index < -0.39 is 0 Å². The molecule has 38 heavy (non-hydrogen) atoms. The van der Waals surface area contributed by atoms with Crippen molar-refractivity contribution in [3.8, 4) is 11.5 Å². The third-order valence-electron chi connectivity index (χ3n) is 7.86. The molecule has 216 valence electrons. The molecule has 1 saturated carbocycles. The molecule has 1 aliphatic carbocycles. The van der Waals surface area contributed by atoms with Gasteiger partial charge in [0.1, 0.15) is 18.1 Å². The fourth-order valence-electron chi connectivity index (χ4n) is 5.35. The van der Waals surface area contributed by atoms with Gasteiger partial charge in [-0.3, -0.25) is 0 Å². The number of methoxy groups -OCH3 is 1. The molecule has 0 heterocycles. The molecule has 1 fully saturated rings. The van der Waals surface area contributed by atoms with E-state index in [9.17, 15) is 0 Å². The van der Waals surface area contributed by atoms with Gasteiger partial charge in [0.25, 0.3) is 0 Å². The van der Waals surface area contributed by atoms with Gasteiger partial charge in [-0.15, -0.1) is 0 Å². The SMILES string of the molecule is CCCC.CCCCC1(c2cccc(OC)c2)CCC(CCCCc2ccc(OCCO)cc2)CC1.CN. The highest BCUT2D eigenvalue weighted by Crippen LogP contribution is 2.46. The second kappa shape index (κ2) is 20.9. The van der Waals surface area contributed by atoms with Crippen molar-refractivity contribution in [1.82, 2.24) is 0 Å². The molecule has 1 aliphatic rings. The Morgan fingerprint density at radius 3 is 2.13 bits per heavy atom. The van der Waals surface area contributed by atoms with Gasteiger partial charge in [-0.25, -0.2) is 0 Å². The minimum Gasteiger partial charge on any atom is -0.497 e. The van der Waals surface area contributed by atoms with Gasteiger partial charge in [-0.05, 0) is 98.7 Å². The highest BCUT2D eigenvalue weighted by molar-refractivity contribution is 5.34. The van der Waals surface area contributed by atoms with E-state index in [1.54, 1.807) is 7.11 Å². The van der Waals surface area contributed by atoms with Crippen LogP contribution >= 0.6 is 0 Å². The van der Waals surface area contributed by atoms with Crippen LogP contribution in [0.4, 0.5) is 0 Å². The number of nitrogens with two attached hydrogens (primary N) is 1. The largest absolute Gasteiger partial charge is 0.497 e. The van der Waals surface area contributed by atoms with Gasteiger partial charge in [0, 0.05) is 0 Å². The van der Waals surface area contributed by atoms with Gasteiger partial charge < -0.3 is 20.3 Å². The summed E-state index contributed by atoms with van der Waals surface area (Å²) in [4.78, 5) is 0. The summed E-state index contributed by atoms with van der Waals surface area (Å²) in [5.74, 6) is 2.71. The molecule has 3 rings (SSSR count). The summed E-state index contributed by atoms with van der Waals surface area (Å²) in [6, 6.07) is 17.2. The zero-order chi connectivity index (χ0) is 28.1. The van der Waals surface area contributed by atoms with Crippen molar-refractivity contribution in [3.05, 3.63) is 59.7 Å². The Hall–Kier alpha value is -2.04. The molecule has 3 N–H and O–H groups in total. The summed E-state index contributed by atoms with van der Waals surface area (Å²) in [6.07, 6.45) is 16.9. The van der Waals surface area contributed by atoms with Crippen LogP contribution in [0.15, 0.2) is 48.5 Å². The van der Waals surface area contributed by atoms with Gasteiger partial charge in [-0.1, -0.05) is 83.6 Å². The highest BCUT2D eigenvalue weighted by atomic mass is 16.5. The average Bonchev–Trinajstić information content (AvgIpc) is 2.99. The first-order valence-electron chi connectivity index (χ1n) is 15.2. The topological polar surface area (TPSA) is 64.7 Å². The minimum atomic E-state index is 0.0577. The fourth-order valence-corrected chi connectivity index (χ4v) is 5.35. The van der Waals surface area contributed by atoms with E-state index in [1.165, 1.54) is 95.2 Å². The summed E-state index contributed by atoms with van der Waals surface area (Å²) in [6.45, 7) is 7.08. The zero-order valence-electron chi connectivity index (χ0n) is 25.1. The highest BCUT2D eigenvalue weighted by Gasteiger charge is 2.36. The second-order valence-electron chi connectivity index (χ2n) is 10.5. The maximum Gasteiger partial charge on any atom is 0.119 e. The molecule has 0 saturated heterocycles. The number of aliphatic hydroxyl groups is 1. The van der Waals surface area contributed by atoms with Crippen LogP contribution in [0.1, 0.15) is 109 Å². The van der Waals surface area contributed by atoms with Crippen LogP contribution in [-0.2, 0) is 11.8 Å². The van der Waals surface area contributed by atoms with Crippen LogP contribution in [0.5, 0.6) is 11.5 Å². The number of rotatable bonds is 14. The number of hydrogen-bond donors (Lipinski definition) is 2. The molecular formula is C34H57NO3. The van der Waals surface area contributed by atoms with Crippen LogP contribution in [0.3, 0.4) is 0 Å². The van der Waals surface area contributed by atoms with Crippen LogP contribution in [0.25, 0.3) is 0 Å². The molecule has 0 amide bonds. The zero-order valence-corrected chi connectivity index (χ0v) is 25.1. The quantitative estimate of drug-likeness (QED) is 0.242. The number of aryl methyl sites for hydroxylation is 1. The summed E-state index contributed by atoms with van der Waals surface area (Å²) < 4.78 is 11.0. The molecule has 0 unspecified atom stereocenters. The Morgan fingerprint density at radius 1 is 0.868 bits per heavy atom. The number of hydrogen-bond acceptors (Lipinski definition) is 4. The van der Waals surface area contributed by atoms with Crippen molar-refractivity contribution >= 4 is 0 Å². The predicted molar refractivity (Wildman–Crippen MR) is 163 cm³/mol. The normalized spacial score (nSPS) is 18.4. The lowest BCUT2D eigenvalue weighted by atomic mass is 9.63. The minimum absolute atomic E-state index is 0.0577. The number of unbranched alkanes of at least 4 members (excludes halogenated alkanes) is 3. The number of aliphatic hydroxyl groups excluding tert-OH is 1. The van der Waals surface area contributed by atoms with E-state index in [4.69, 9.17) is 14.6 Å². The van der Waals surface area contributed by atoms with Crippen LogP contribution < -0.4 is 15.2 Å². The molecule has 0 spiro atoms. The molecule has 0 aromatic heterocycles. The first-order valence-corrected chi connectivity index (χ1v) is 15.2. The number of benzene rings is 2. The summed E-state index contributed by atoms with van der Waals surface area (Å²) in [5.41, 5.74) is 7.72. The Bertz CT molecular complexity index is 811. The van der Waals surface area contributed by atoms with Gasteiger partial charge in [0.05, 0.1) is 13.7 Å². The van der Waals surface area contributed by atoms with Crippen LogP contribution in [0, 0.1) is 5.92 Å². The molecule has 4 heteroatoms. The van der Waals surface area contributed by atoms with E-state index in [2.05, 4.69) is 62.9 Å². The molecule has 0 bridgehead atoms. The first-order chi connectivity index (χ1) is 18.6. The lowest BCUT2D eigenvalue weighted by Gasteiger charge is -2.41. The number of ether oxygens (including phenoxy) is 2. The predicted octanol–water partition coefficient (Wildman–Crippen LogP) is 8.48. The Kier molecular flexibility index (Phi) is 18.7. The monoisotopic (exact) mass is 527 g/mol. The Balaban J connectivity index is 0.00000110. The fraction of sp³-hybridized carbons (Fsp3) is 0.647. The van der Waals surface area contributed by atoms with E-state index in [0.717, 1.165) is 23.8 Å².